The molecule has 0 aromatic heterocycles. The Hall–Kier alpha value is -1.06. The number of esters is 2. The fourth-order valence-electron chi connectivity index (χ4n) is 2.22. The van der Waals surface area contributed by atoms with E-state index in [1.165, 1.54) is 0 Å². The van der Waals surface area contributed by atoms with E-state index in [0.29, 0.717) is 37.9 Å². The molecule has 4 nitrogen and oxygen atoms in total. The fraction of sp³-hybridized carbons (Fsp3) is 0.895. The molecular weight excluding hydrogens is 292 g/mol. The summed E-state index contributed by atoms with van der Waals surface area (Å²) in [5.74, 6) is 0.783. The summed E-state index contributed by atoms with van der Waals surface area (Å²) in [5.41, 5.74) is 0.00252. The lowest BCUT2D eigenvalue weighted by Crippen LogP contribution is -2.20. The zero-order valence-electron chi connectivity index (χ0n) is 16.1. The molecule has 2 unspecified atom stereocenters. The number of rotatable bonds is 10. The number of carbonyl (C=O) groups is 2. The minimum atomic E-state index is -0.129. The maximum absolute atomic E-state index is 11.8. The molecule has 0 aromatic rings. The lowest BCUT2D eigenvalue weighted by atomic mass is 9.91. The summed E-state index contributed by atoms with van der Waals surface area (Å²) in [4.78, 5) is 23.4. The van der Waals surface area contributed by atoms with Crippen LogP contribution in [0, 0.1) is 23.2 Å². The summed E-state index contributed by atoms with van der Waals surface area (Å²) in [6.45, 7) is 15.3. The third kappa shape index (κ3) is 14.3. The van der Waals surface area contributed by atoms with Gasteiger partial charge in [-0.3, -0.25) is 9.59 Å². The lowest BCUT2D eigenvalue weighted by molar-refractivity contribution is -0.148. The SMILES string of the molecule is CC(C)COC(=O)CCC(C)CC(C)CC(=O)OCC(C)(C)C. The molecule has 0 fully saturated rings. The van der Waals surface area contributed by atoms with Crippen LogP contribution in [-0.2, 0) is 19.1 Å². The van der Waals surface area contributed by atoms with Gasteiger partial charge in [0.1, 0.15) is 0 Å². The number of hydrogen-bond acceptors (Lipinski definition) is 4. The molecule has 23 heavy (non-hydrogen) atoms. The highest BCUT2D eigenvalue weighted by Crippen LogP contribution is 2.21. The van der Waals surface area contributed by atoms with E-state index in [2.05, 4.69) is 13.8 Å². The molecule has 0 saturated carbocycles. The zero-order chi connectivity index (χ0) is 18.0. The van der Waals surface area contributed by atoms with Gasteiger partial charge in [0.15, 0.2) is 0 Å². The average molecular weight is 328 g/mol. The highest BCUT2D eigenvalue weighted by molar-refractivity contribution is 5.70. The van der Waals surface area contributed by atoms with Crippen molar-refractivity contribution in [1.82, 2.24) is 0 Å². The normalized spacial score (nSPS) is 14.4. The largest absolute Gasteiger partial charge is 0.465 e. The number of carbonyl (C=O) groups excluding carboxylic acids is 2. The Kier molecular flexibility index (Phi) is 10.2. The van der Waals surface area contributed by atoms with E-state index < -0.39 is 0 Å². The standard InChI is InChI=1S/C19H36O4/c1-14(2)12-22-17(20)9-8-15(3)10-16(4)11-18(21)23-13-19(5,6)7/h14-16H,8-13H2,1-7H3. The summed E-state index contributed by atoms with van der Waals surface area (Å²) in [6, 6.07) is 0. The average Bonchev–Trinajstić information content (AvgIpc) is 2.39. The van der Waals surface area contributed by atoms with Crippen molar-refractivity contribution in [3.05, 3.63) is 0 Å². The van der Waals surface area contributed by atoms with Crippen LogP contribution in [0.25, 0.3) is 0 Å². The van der Waals surface area contributed by atoms with Crippen molar-refractivity contribution in [1.29, 1.82) is 0 Å². The van der Waals surface area contributed by atoms with Crippen molar-refractivity contribution in [2.24, 2.45) is 23.2 Å². The predicted octanol–water partition coefficient (Wildman–Crippen LogP) is 4.61. The van der Waals surface area contributed by atoms with E-state index in [1.54, 1.807) is 0 Å². The molecule has 4 heteroatoms. The summed E-state index contributed by atoms with van der Waals surface area (Å²) >= 11 is 0. The molecule has 0 aliphatic heterocycles. The first-order valence-electron chi connectivity index (χ1n) is 8.81. The zero-order valence-corrected chi connectivity index (χ0v) is 16.1. The van der Waals surface area contributed by atoms with Crippen LogP contribution in [0.3, 0.4) is 0 Å². The summed E-state index contributed by atoms with van der Waals surface area (Å²) in [6.07, 6.45) is 2.62. The van der Waals surface area contributed by atoms with Gasteiger partial charge in [-0.2, -0.15) is 0 Å². The second-order valence-electron chi connectivity index (χ2n) is 8.49. The first-order valence-corrected chi connectivity index (χ1v) is 8.81. The smallest absolute Gasteiger partial charge is 0.306 e. The van der Waals surface area contributed by atoms with Gasteiger partial charge in [0.25, 0.3) is 0 Å². The Labute approximate surface area is 142 Å². The summed E-state index contributed by atoms with van der Waals surface area (Å²) in [7, 11) is 0. The van der Waals surface area contributed by atoms with Crippen LogP contribution in [0.1, 0.15) is 74.1 Å². The van der Waals surface area contributed by atoms with Crippen LogP contribution in [0.5, 0.6) is 0 Å². The summed E-state index contributed by atoms with van der Waals surface area (Å²) in [5, 5.41) is 0. The van der Waals surface area contributed by atoms with Gasteiger partial charge in [0.2, 0.25) is 0 Å². The van der Waals surface area contributed by atoms with E-state index in [0.717, 1.165) is 12.8 Å². The maximum Gasteiger partial charge on any atom is 0.306 e. The predicted molar refractivity (Wildman–Crippen MR) is 93.0 cm³/mol. The fourth-order valence-corrected chi connectivity index (χ4v) is 2.22. The summed E-state index contributed by atoms with van der Waals surface area (Å²) < 4.78 is 10.5. The van der Waals surface area contributed by atoms with Crippen LogP contribution in [0.15, 0.2) is 0 Å². The van der Waals surface area contributed by atoms with Crippen LogP contribution in [0.2, 0.25) is 0 Å². The van der Waals surface area contributed by atoms with E-state index in [1.807, 2.05) is 34.6 Å². The molecule has 0 aromatic carbocycles. The van der Waals surface area contributed by atoms with E-state index in [-0.39, 0.29) is 23.3 Å². The highest BCUT2D eigenvalue weighted by Gasteiger charge is 2.18. The van der Waals surface area contributed by atoms with E-state index in [9.17, 15) is 9.59 Å². The molecule has 2 atom stereocenters. The third-order valence-corrected chi connectivity index (χ3v) is 3.40. The van der Waals surface area contributed by atoms with Gasteiger partial charge in [-0.25, -0.2) is 0 Å². The Bertz CT molecular complexity index is 355. The van der Waals surface area contributed by atoms with Gasteiger partial charge in [-0.15, -0.1) is 0 Å². The van der Waals surface area contributed by atoms with Crippen LogP contribution >= 0.6 is 0 Å². The molecule has 0 spiro atoms. The van der Waals surface area contributed by atoms with Crippen molar-refractivity contribution in [3.8, 4) is 0 Å². The van der Waals surface area contributed by atoms with Gasteiger partial charge >= 0.3 is 11.9 Å². The molecule has 136 valence electrons. The first-order chi connectivity index (χ1) is 10.5. The Morgan fingerprint density at radius 3 is 2.04 bits per heavy atom. The maximum atomic E-state index is 11.8. The number of hydrogen-bond donors (Lipinski definition) is 0. The second-order valence-corrected chi connectivity index (χ2v) is 8.49. The highest BCUT2D eigenvalue weighted by atomic mass is 16.5. The van der Waals surface area contributed by atoms with Gasteiger partial charge in [-0.05, 0) is 36.0 Å². The molecule has 0 aliphatic carbocycles. The third-order valence-electron chi connectivity index (χ3n) is 3.40. The monoisotopic (exact) mass is 328 g/mol. The van der Waals surface area contributed by atoms with Crippen LogP contribution in [-0.4, -0.2) is 25.2 Å². The minimum absolute atomic E-state index is 0.00252. The molecule has 0 aliphatic rings. The molecule has 0 radical (unpaired) electrons. The van der Waals surface area contributed by atoms with E-state index in [4.69, 9.17) is 9.47 Å². The van der Waals surface area contributed by atoms with Gasteiger partial charge in [0, 0.05) is 12.8 Å². The Balaban J connectivity index is 3.90. The Morgan fingerprint density at radius 1 is 0.913 bits per heavy atom. The molecule has 0 N–H and O–H groups in total. The van der Waals surface area contributed by atoms with Gasteiger partial charge in [0.05, 0.1) is 13.2 Å². The molecule has 0 heterocycles. The minimum Gasteiger partial charge on any atom is -0.465 e. The molecule has 0 bridgehead atoms. The van der Waals surface area contributed by atoms with E-state index >= 15 is 0 Å². The lowest BCUT2D eigenvalue weighted by Gasteiger charge is -2.20. The molecule has 0 amide bonds. The topological polar surface area (TPSA) is 52.6 Å². The van der Waals surface area contributed by atoms with Gasteiger partial charge < -0.3 is 9.47 Å². The second kappa shape index (κ2) is 10.7. The first kappa shape index (κ1) is 21.9. The van der Waals surface area contributed by atoms with Crippen molar-refractivity contribution < 1.29 is 19.1 Å². The van der Waals surface area contributed by atoms with Crippen molar-refractivity contribution in [2.75, 3.05) is 13.2 Å². The molecule has 0 rings (SSSR count). The van der Waals surface area contributed by atoms with Crippen molar-refractivity contribution in [2.45, 2.75) is 74.1 Å². The van der Waals surface area contributed by atoms with Gasteiger partial charge in [-0.1, -0.05) is 48.5 Å². The Morgan fingerprint density at radius 2 is 1.52 bits per heavy atom. The molecule has 0 saturated heterocycles. The van der Waals surface area contributed by atoms with Crippen LogP contribution in [0.4, 0.5) is 0 Å². The number of ether oxygens (including phenoxy) is 2. The van der Waals surface area contributed by atoms with Crippen molar-refractivity contribution in [3.63, 3.8) is 0 Å². The van der Waals surface area contributed by atoms with Crippen LogP contribution < -0.4 is 0 Å². The quantitative estimate of drug-likeness (QED) is 0.550. The molecular formula is C19H36O4. The van der Waals surface area contributed by atoms with Crippen molar-refractivity contribution >= 4 is 11.9 Å².